The van der Waals surface area contributed by atoms with E-state index in [2.05, 4.69) is 22.3 Å². The summed E-state index contributed by atoms with van der Waals surface area (Å²) < 4.78 is 0. The third kappa shape index (κ3) is 3.43. The summed E-state index contributed by atoms with van der Waals surface area (Å²) in [5, 5.41) is 3.17. The first-order chi connectivity index (χ1) is 13.3. The lowest BCUT2D eigenvalue weighted by Crippen LogP contribution is -2.41. The molecule has 1 aliphatic heterocycles. The Morgan fingerprint density at radius 2 is 1.78 bits per heavy atom. The number of benzene rings is 1. The number of amides is 1. The first-order valence-electron chi connectivity index (χ1n) is 10.3. The van der Waals surface area contributed by atoms with Gasteiger partial charge in [0.25, 0.3) is 0 Å². The quantitative estimate of drug-likeness (QED) is 0.908. The normalized spacial score (nSPS) is 19.8. The van der Waals surface area contributed by atoms with Gasteiger partial charge >= 0.3 is 0 Å². The SMILES string of the molecule is O=C(NC1CC1)C1CCN(c2nc(-c3ccccc3)nc3c2CCC3)CC1. The van der Waals surface area contributed by atoms with Crippen LogP contribution in [0.5, 0.6) is 0 Å². The largest absolute Gasteiger partial charge is 0.356 e. The van der Waals surface area contributed by atoms with Gasteiger partial charge in [0.2, 0.25) is 5.91 Å². The minimum absolute atomic E-state index is 0.158. The zero-order chi connectivity index (χ0) is 18.2. The zero-order valence-corrected chi connectivity index (χ0v) is 15.7. The van der Waals surface area contributed by atoms with Gasteiger partial charge in [-0.15, -0.1) is 0 Å². The van der Waals surface area contributed by atoms with Gasteiger partial charge in [-0.05, 0) is 44.9 Å². The number of anilines is 1. The summed E-state index contributed by atoms with van der Waals surface area (Å²) >= 11 is 0. The van der Waals surface area contributed by atoms with Crippen LogP contribution < -0.4 is 10.2 Å². The lowest BCUT2D eigenvalue weighted by Gasteiger charge is -2.33. The number of hydrogen-bond acceptors (Lipinski definition) is 4. The number of hydrogen-bond donors (Lipinski definition) is 1. The number of carbonyl (C=O) groups is 1. The molecule has 2 aliphatic carbocycles. The van der Waals surface area contributed by atoms with Crippen molar-refractivity contribution in [3.63, 3.8) is 0 Å². The van der Waals surface area contributed by atoms with Crippen LogP contribution in [0.3, 0.4) is 0 Å². The third-order valence-electron chi connectivity index (χ3n) is 6.03. The standard InChI is InChI=1S/C22H26N4O/c27-22(23-17-9-10-17)16-11-13-26(14-12-16)21-18-7-4-8-19(18)24-20(25-21)15-5-2-1-3-6-15/h1-3,5-6,16-17H,4,7-14H2,(H,23,27). The average Bonchev–Trinajstić information content (AvgIpc) is 3.40. The molecule has 5 rings (SSSR count). The molecule has 1 saturated carbocycles. The van der Waals surface area contributed by atoms with Crippen molar-refractivity contribution in [3.8, 4) is 11.4 Å². The summed E-state index contributed by atoms with van der Waals surface area (Å²) in [6.07, 6.45) is 7.41. The topological polar surface area (TPSA) is 58.1 Å². The van der Waals surface area contributed by atoms with E-state index >= 15 is 0 Å². The molecule has 5 heteroatoms. The monoisotopic (exact) mass is 362 g/mol. The fourth-order valence-corrected chi connectivity index (χ4v) is 4.29. The van der Waals surface area contributed by atoms with Crippen LogP contribution >= 0.6 is 0 Å². The van der Waals surface area contributed by atoms with E-state index in [4.69, 9.17) is 9.97 Å². The highest BCUT2D eigenvalue weighted by molar-refractivity contribution is 5.79. The Morgan fingerprint density at radius 3 is 2.52 bits per heavy atom. The van der Waals surface area contributed by atoms with E-state index < -0.39 is 0 Å². The van der Waals surface area contributed by atoms with Gasteiger partial charge in [0.1, 0.15) is 5.82 Å². The van der Waals surface area contributed by atoms with Gasteiger partial charge < -0.3 is 10.2 Å². The van der Waals surface area contributed by atoms with E-state index in [1.165, 1.54) is 11.3 Å². The molecule has 2 fully saturated rings. The summed E-state index contributed by atoms with van der Waals surface area (Å²) in [5.74, 6) is 2.36. The molecule has 0 spiro atoms. The molecule has 1 amide bonds. The van der Waals surface area contributed by atoms with Crippen molar-refractivity contribution in [1.29, 1.82) is 0 Å². The van der Waals surface area contributed by atoms with Crippen molar-refractivity contribution in [3.05, 3.63) is 41.6 Å². The summed E-state index contributed by atoms with van der Waals surface area (Å²) in [4.78, 5) is 24.6. The lowest BCUT2D eigenvalue weighted by atomic mass is 9.95. The van der Waals surface area contributed by atoms with Crippen molar-refractivity contribution in [2.24, 2.45) is 5.92 Å². The van der Waals surface area contributed by atoms with Gasteiger partial charge in [0.05, 0.1) is 0 Å². The number of nitrogens with one attached hydrogen (secondary N) is 1. The first-order valence-corrected chi connectivity index (χ1v) is 10.3. The molecule has 1 aromatic heterocycles. The Balaban J connectivity index is 1.37. The van der Waals surface area contributed by atoms with Crippen LogP contribution in [0.2, 0.25) is 0 Å². The van der Waals surface area contributed by atoms with E-state index in [1.807, 2.05) is 18.2 Å². The molecule has 5 nitrogen and oxygen atoms in total. The van der Waals surface area contributed by atoms with Crippen LogP contribution in [0.4, 0.5) is 5.82 Å². The van der Waals surface area contributed by atoms with E-state index in [0.717, 1.165) is 75.2 Å². The summed E-state index contributed by atoms with van der Waals surface area (Å²) in [7, 11) is 0. The molecule has 140 valence electrons. The lowest BCUT2D eigenvalue weighted by molar-refractivity contribution is -0.125. The number of carbonyl (C=O) groups excluding carboxylic acids is 1. The molecule has 3 aliphatic rings. The molecule has 2 heterocycles. The van der Waals surface area contributed by atoms with Crippen molar-refractivity contribution in [1.82, 2.24) is 15.3 Å². The highest BCUT2D eigenvalue weighted by Crippen LogP contribution is 2.33. The van der Waals surface area contributed by atoms with Crippen molar-refractivity contribution >= 4 is 11.7 Å². The fourth-order valence-electron chi connectivity index (χ4n) is 4.29. The molecule has 0 atom stereocenters. The smallest absolute Gasteiger partial charge is 0.223 e. The highest BCUT2D eigenvalue weighted by atomic mass is 16.2. The van der Waals surface area contributed by atoms with E-state index in [-0.39, 0.29) is 11.8 Å². The molecular weight excluding hydrogens is 336 g/mol. The highest BCUT2D eigenvalue weighted by Gasteiger charge is 2.31. The van der Waals surface area contributed by atoms with Crippen LogP contribution in [0.1, 0.15) is 43.4 Å². The van der Waals surface area contributed by atoms with Gasteiger partial charge in [0, 0.05) is 41.9 Å². The van der Waals surface area contributed by atoms with E-state index in [9.17, 15) is 4.79 Å². The van der Waals surface area contributed by atoms with Crippen LogP contribution in [-0.4, -0.2) is 35.0 Å². The molecule has 0 unspecified atom stereocenters. The minimum atomic E-state index is 0.158. The maximum atomic E-state index is 12.4. The van der Waals surface area contributed by atoms with E-state index in [0.29, 0.717) is 6.04 Å². The van der Waals surface area contributed by atoms with E-state index in [1.54, 1.807) is 0 Å². The first kappa shape index (κ1) is 16.7. The van der Waals surface area contributed by atoms with Gasteiger partial charge in [-0.2, -0.15) is 0 Å². The molecule has 1 aromatic carbocycles. The minimum Gasteiger partial charge on any atom is -0.356 e. The zero-order valence-electron chi connectivity index (χ0n) is 15.7. The molecule has 0 radical (unpaired) electrons. The van der Waals surface area contributed by atoms with Crippen LogP contribution in [0.15, 0.2) is 30.3 Å². The number of piperidine rings is 1. The third-order valence-corrected chi connectivity index (χ3v) is 6.03. The Morgan fingerprint density at radius 1 is 1.00 bits per heavy atom. The van der Waals surface area contributed by atoms with Crippen molar-refractivity contribution in [2.45, 2.75) is 51.0 Å². The molecule has 2 aromatic rings. The number of aromatic nitrogens is 2. The van der Waals surface area contributed by atoms with Crippen molar-refractivity contribution in [2.75, 3.05) is 18.0 Å². The second kappa shape index (κ2) is 6.95. The predicted molar refractivity (Wildman–Crippen MR) is 106 cm³/mol. The van der Waals surface area contributed by atoms with Crippen LogP contribution in [-0.2, 0) is 17.6 Å². The molecule has 1 saturated heterocycles. The Hall–Kier alpha value is -2.43. The maximum absolute atomic E-state index is 12.4. The summed E-state index contributed by atoms with van der Waals surface area (Å²) in [5.41, 5.74) is 3.62. The number of aryl methyl sites for hydroxylation is 1. The van der Waals surface area contributed by atoms with Gasteiger partial charge in [-0.1, -0.05) is 30.3 Å². The average molecular weight is 362 g/mol. The molecule has 1 N–H and O–H groups in total. The number of rotatable bonds is 4. The van der Waals surface area contributed by atoms with Crippen LogP contribution in [0.25, 0.3) is 11.4 Å². The Bertz CT molecular complexity index is 839. The number of fused-ring (bicyclic) bond motifs is 1. The van der Waals surface area contributed by atoms with Crippen molar-refractivity contribution < 1.29 is 4.79 Å². The Labute approximate surface area is 160 Å². The summed E-state index contributed by atoms with van der Waals surface area (Å²) in [6, 6.07) is 10.7. The summed E-state index contributed by atoms with van der Waals surface area (Å²) in [6.45, 7) is 1.81. The Kier molecular flexibility index (Phi) is 4.30. The van der Waals surface area contributed by atoms with Gasteiger partial charge in [0.15, 0.2) is 5.82 Å². The fraction of sp³-hybridized carbons (Fsp3) is 0.500. The predicted octanol–water partition coefficient (Wildman–Crippen LogP) is 3.13. The molecular formula is C22H26N4O. The van der Waals surface area contributed by atoms with Gasteiger partial charge in [-0.3, -0.25) is 4.79 Å². The second-order valence-electron chi connectivity index (χ2n) is 8.06. The molecule has 0 bridgehead atoms. The maximum Gasteiger partial charge on any atom is 0.223 e. The number of nitrogens with zero attached hydrogens (tertiary/aromatic N) is 3. The van der Waals surface area contributed by atoms with Crippen LogP contribution in [0, 0.1) is 5.92 Å². The molecule has 27 heavy (non-hydrogen) atoms. The van der Waals surface area contributed by atoms with Gasteiger partial charge in [-0.25, -0.2) is 9.97 Å². The second-order valence-corrected chi connectivity index (χ2v) is 8.06.